The number of hydrogen-bond acceptors (Lipinski definition) is 6. The molecule has 1 atom stereocenters. The number of esters is 3. The summed E-state index contributed by atoms with van der Waals surface area (Å²) >= 11 is 0. The third-order valence-corrected chi connectivity index (χ3v) is 13.9. The highest BCUT2D eigenvalue weighted by atomic mass is 16.6. The number of carbonyl (C=O) groups excluding carboxylic acids is 3. The summed E-state index contributed by atoms with van der Waals surface area (Å²) in [5.41, 5.74) is 0. The normalized spacial score (nSPS) is 12.2. The van der Waals surface area contributed by atoms with Gasteiger partial charge in [-0.2, -0.15) is 0 Å². The lowest BCUT2D eigenvalue weighted by Gasteiger charge is -2.18. The van der Waals surface area contributed by atoms with E-state index in [2.05, 4.69) is 57.2 Å². The summed E-state index contributed by atoms with van der Waals surface area (Å²) in [4.78, 5) is 37.9. The molecule has 410 valence electrons. The Morgan fingerprint density at radius 3 is 0.800 bits per heavy atom. The summed E-state index contributed by atoms with van der Waals surface area (Å²) in [6.07, 6.45) is 72.0. The fourth-order valence-electron chi connectivity index (χ4n) is 9.22. The monoisotopic (exact) mass is 983 g/mol. The van der Waals surface area contributed by atoms with Gasteiger partial charge in [0.05, 0.1) is 0 Å². The van der Waals surface area contributed by atoms with Gasteiger partial charge in [0.2, 0.25) is 0 Å². The molecule has 0 bridgehead atoms. The zero-order valence-corrected chi connectivity index (χ0v) is 47.1. The lowest BCUT2D eigenvalue weighted by atomic mass is 10.0. The number of allylic oxidation sites excluding steroid dienone is 6. The van der Waals surface area contributed by atoms with Crippen LogP contribution in [-0.2, 0) is 28.6 Å². The summed E-state index contributed by atoms with van der Waals surface area (Å²) in [7, 11) is 0. The molecule has 0 rings (SSSR count). The maximum atomic E-state index is 12.8. The molecule has 0 radical (unpaired) electrons. The van der Waals surface area contributed by atoms with Gasteiger partial charge in [-0.15, -0.1) is 0 Å². The van der Waals surface area contributed by atoms with Crippen LogP contribution in [0.3, 0.4) is 0 Å². The standard InChI is InChI=1S/C64H118O6/c1-4-7-10-13-15-17-19-21-23-25-27-29-31-33-34-36-38-40-42-44-46-48-51-54-57-63(66)69-60-61(59-68-62(65)56-53-50-12-9-6-3)70-64(67)58-55-52-49-47-45-43-41-39-37-35-32-30-28-26-24-22-20-18-16-14-11-8-5-2/h20,22,26,28,32,35,61H,4-19,21,23-25,27,29-31,33-34,36-60H2,1-3H3/b22-20-,28-26-,35-32-. The van der Waals surface area contributed by atoms with Gasteiger partial charge in [0.25, 0.3) is 0 Å². The minimum atomic E-state index is -0.770. The van der Waals surface area contributed by atoms with E-state index in [4.69, 9.17) is 14.2 Å². The van der Waals surface area contributed by atoms with Crippen LogP contribution in [0.4, 0.5) is 0 Å². The van der Waals surface area contributed by atoms with Crippen molar-refractivity contribution in [2.75, 3.05) is 13.2 Å². The van der Waals surface area contributed by atoms with Crippen molar-refractivity contribution < 1.29 is 28.6 Å². The van der Waals surface area contributed by atoms with Crippen molar-refractivity contribution in [2.24, 2.45) is 0 Å². The molecular formula is C64H118O6. The summed E-state index contributed by atoms with van der Waals surface area (Å²) in [5, 5.41) is 0. The van der Waals surface area contributed by atoms with E-state index in [1.807, 2.05) is 0 Å². The van der Waals surface area contributed by atoms with Crippen LogP contribution in [0.15, 0.2) is 36.5 Å². The molecule has 0 aliphatic heterocycles. The van der Waals surface area contributed by atoms with Crippen LogP contribution < -0.4 is 0 Å². The zero-order valence-electron chi connectivity index (χ0n) is 47.1. The van der Waals surface area contributed by atoms with E-state index in [0.717, 1.165) is 83.5 Å². The number of carbonyl (C=O) groups is 3. The fraction of sp³-hybridized carbons (Fsp3) is 0.859. The molecule has 0 aliphatic carbocycles. The maximum Gasteiger partial charge on any atom is 0.306 e. The molecule has 0 N–H and O–H groups in total. The molecule has 0 aromatic rings. The van der Waals surface area contributed by atoms with Crippen molar-refractivity contribution in [1.82, 2.24) is 0 Å². The molecule has 0 aromatic carbocycles. The van der Waals surface area contributed by atoms with Crippen LogP contribution in [0, 0.1) is 0 Å². The second-order valence-electron chi connectivity index (χ2n) is 21.0. The quantitative estimate of drug-likeness (QED) is 0.0261. The maximum absolute atomic E-state index is 12.8. The van der Waals surface area contributed by atoms with E-state index in [9.17, 15) is 14.4 Å². The molecular weight excluding hydrogens is 865 g/mol. The fourth-order valence-corrected chi connectivity index (χ4v) is 9.22. The van der Waals surface area contributed by atoms with Crippen molar-refractivity contribution in [2.45, 2.75) is 341 Å². The summed E-state index contributed by atoms with van der Waals surface area (Å²) in [5.74, 6) is -0.875. The summed E-state index contributed by atoms with van der Waals surface area (Å²) in [6.45, 7) is 6.59. The smallest absolute Gasteiger partial charge is 0.306 e. The topological polar surface area (TPSA) is 78.9 Å². The average molecular weight is 984 g/mol. The van der Waals surface area contributed by atoms with Gasteiger partial charge in [-0.25, -0.2) is 0 Å². The Bertz CT molecular complexity index is 1170. The van der Waals surface area contributed by atoms with Crippen LogP contribution in [0.25, 0.3) is 0 Å². The number of rotatable bonds is 57. The second kappa shape index (κ2) is 59.2. The first-order valence-corrected chi connectivity index (χ1v) is 31.0. The van der Waals surface area contributed by atoms with E-state index >= 15 is 0 Å². The van der Waals surface area contributed by atoms with Crippen molar-refractivity contribution >= 4 is 17.9 Å². The first kappa shape index (κ1) is 67.6. The number of hydrogen-bond donors (Lipinski definition) is 0. The minimum Gasteiger partial charge on any atom is -0.462 e. The van der Waals surface area contributed by atoms with Gasteiger partial charge < -0.3 is 14.2 Å². The van der Waals surface area contributed by atoms with Crippen molar-refractivity contribution in [3.8, 4) is 0 Å². The molecule has 0 aromatic heterocycles. The van der Waals surface area contributed by atoms with E-state index in [-0.39, 0.29) is 31.1 Å². The van der Waals surface area contributed by atoms with Crippen molar-refractivity contribution in [3.05, 3.63) is 36.5 Å². The summed E-state index contributed by atoms with van der Waals surface area (Å²) < 4.78 is 16.8. The second-order valence-corrected chi connectivity index (χ2v) is 21.0. The Balaban J connectivity index is 4.03. The van der Waals surface area contributed by atoms with Crippen LogP contribution in [0.5, 0.6) is 0 Å². The minimum absolute atomic E-state index is 0.0716. The third kappa shape index (κ3) is 56.5. The Morgan fingerprint density at radius 1 is 0.286 bits per heavy atom. The molecule has 0 saturated carbocycles. The van der Waals surface area contributed by atoms with Gasteiger partial charge in [0.15, 0.2) is 6.10 Å². The average Bonchev–Trinajstić information content (AvgIpc) is 3.36. The highest BCUT2D eigenvalue weighted by Crippen LogP contribution is 2.17. The Labute approximate surface area is 435 Å². The first-order valence-electron chi connectivity index (χ1n) is 31.0. The van der Waals surface area contributed by atoms with Gasteiger partial charge in [-0.05, 0) is 57.8 Å². The molecule has 6 heteroatoms. The van der Waals surface area contributed by atoms with Gasteiger partial charge >= 0.3 is 17.9 Å². The number of ether oxygens (including phenoxy) is 3. The van der Waals surface area contributed by atoms with Gasteiger partial charge in [0.1, 0.15) is 13.2 Å². The van der Waals surface area contributed by atoms with Crippen LogP contribution >= 0.6 is 0 Å². The molecule has 6 nitrogen and oxygen atoms in total. The predicted octanol–water partition coefficient (Wildman–Crippen LogP) is 20.8. The highest BCUT2D eigenvalue weighted by Gasteiger charge is 2.19. The SMILES string of the molecule is CCCCCCC/C=C\C/C=C\C/C=C\CCCCCCCCCCC(=O)OC(COC(=O)CCCCCCC)COC(=O)CCCCCCCCCCCCCCCCCCCCCCCCCC. The molecule has 0 saturated heterocycles. The molecule has 1 unspecified atom stereocenters. The highest BCUT2D eigenvalue weighted by molar-refractivity contribution is 5.71. The van der Waals surface area contributed by atoms with Gasteiger partial charge in [0, 0.05) is 19.3 Å². The lowest BCUT2D eigenvalue weighted by Crippen LogP contribution is -2.30. The van der Waals surface area contributed by atoms with Crippen LogP contribution in [0.1, 0.15) is 335 Å². The first-order chi connectivity index (χ1) is 34.5. The Kier molecular flexibility index (Phi) is 57.2. The molecule has 0 fully saturated rings. The molecule has 0 amide bonds. The van der Waals surface area contributed by atoms with E-state index in [1.54, 1.807) is 0 Å². The molecule has 0 aliphatic rings. The van der Waals surface area contributed by atoms with E-state index in [0.29, 0.717) is 19.3 Å². The van der Waals surface area contributed by atoms with Crippen LogP contribution in [-0.4, -0.2) is 37.2 Å². The lowest BCUT2D eigenvalue weighted by molar-refractivity contribution is -0.167. The van der Waals surface area contributed by atoms with E-state index < -0.39 is 6.10 Å². The Morgan fingerprint density at radius 2 is 0.514 bits per heavy atom. The van der Waals surface area contributed by atoms with Crippen molar-refractivity contribution in [1.29, 1.82) is 0 Å². The summed E-state index contributed by atoms with van der Waals surface area (Å²) in [6, 6.07) is 0. The van der Waals surface area contributed by atoms with E-state index in [1.165, 1.54) is 212 Å². The van der Waals surface area contributed by atoms with Gasteiger partial charge in [-0.3, -0.25) is 14.4 Å². The molecule has 70 heavy (non-hydrogen) atoms. The van der Waals surface area contributed by atoms with Crippen LogP contribution in [0.2, 0.25) is 0 Å². The molecule has 0 heterocycles. The zero-order chi connectivity index (χ0) is 50.7. The van der Waals surface area contributed by atoms with Gasteiger partial charge in [-0.1, -0.05) is 295 Å². The predicted molar refractivity (Wildman–Crippen MR) is 302 cm³/mol. The van der Waals surface area contributed by atoms with Crippen molar-refractivity contribution in [3.63, 3.8) is 0 Å². The molecule has 0 spiro atoms. The largest absolute Gasteiger partial charge is 0.462 e. The Hall–Kier alpha value is -2.37. The third-order valence-electron chi connectivity index (χ3n) is 13.9. The number of unbranched alkanes of at least 4 members (excludes halogenated alkanes) is 40.